The maximum absolute atomic E-state index is 11.5. The fourth-order valence-corrected chi connectivity index (χ4v) is 3.02. The van der Waals surface area contributed by atoms with Crippen LogP contribution in [0.15, 0.2) is 36.5 Å². The maximum Gasteiger partial charge on any atom is 0.225 e. The Kier molecular flexibility index (Phi) is 5.78. The number of ether oxygens (including phenoxy) is 1. The third-order valence-electron chi connectivity index (χ3n) is 4.15. The van der Waals surface area contributed by atoms with Crippen LogP contribution in [0.25, 0.3) is 0 Å². The van der Waals surface area contributed by atoms with E-state index >= 15 is 0 Å². The van der Waals surface area contributed by atoms with Gasteiger partial charge < -0.3 is 10.1 Å². The van der Waals surface area contributed by atoms with Gasteiger partial charge in [0.25, 0.3) is 0 Å². The number of nitrogens with zero attached hydrogens (tertiary/aromatic N) is 2. The van der Waals surface area contributed by atoms with Gasteiger partial charge in [0.15, 0.2) is 0 Å². The molecule has 0 saturated carbocycles. The van der Waals surface area contributed by atoms with Gasteiger partial charge in [0.2, 0.25) is 11.8 Å². The molecule has 25 heavy (non-hydrogen) atoms. The number of likely N-dealkylation sites (tertiary alicyclic amines) is 1. The van der Waals surface area contributed by atoms with Crippen molar-refractivity contribution in [1.29, 1.82) is 0 Å². The quantitative estimate of drug-likeness (QED) is 0.837. The van der Waals surface area contributed by atoms with Crippen molar-refractivity contribution in [3.63, 3.8) is 0 Å². The first kappa shape index (κ1) is 18.0. The van der Waals surface area contributed by atoms with Crippen molar-refractivity contribution in [3.05, 3.63) is 57.7 Å². The summed E-state index contributed by atoms with van der Waals surface area (Å²) < 4.78 is 5.67. The van der Waals surface area contributed by atoms with Crippen LogP contribution in [0.2, 0.25) is 10.0 Å². The van der Waals surface area contributed by atoms with Crippen LogP contribution in [0.1, 0.15) is 11.1 Å². The molecule has 0 spiro atoms. The zero-order valence-electron chi connectivity index (χ0n) is 13.8. The van der Waals surface area contributed by atoms with Gasteiger partial charge in [-0.15, -0.1) is 0 Å². The average molecular weight is 380 g/mol. The zero-order chi connectivity index (χ0) is 17.8. The van der Waals surface area contributed by atoms with E-state index < -0.39 is 0 Å². The van der Waals surface area contributed by atoms with Crippen molar-refractivity contribution in [1.82, 2.24) is 15.2 Å². The molecule has 2 heterocycles. The lowest BCUT2D eigenvalue weighted by atomic mass is 9.98. The summed E-state index contributed by atoms with van der Waals surface area (Å²) in [6.45, 7) is 2.74. The van der Waals surface area contributed by atoms with Crippen molar-refractivity contribution in [3.8, 4) is 5.88 Å². The van der Waals surface area contributed by atoms with Crippen LogP contribution in [-0.4, -0.2) is 35.9 Å². The molecule has 1 fully saturated rings. The van der Waals surface area contributed by atoms with Gasteiger partial charge in [-0.3, -0.25) is 9.69 Å². The predicted octanol–water partition coefficient (Wildman–Crippen LogP) is 3.15. The Hall–Kier alpha value is -1.82. The highest BCUT2D eigenvalue weighted by atomic mass is 35.5. The van der Waals surface area contributed by atoms with Crippen molar-refractivity contribution < 1.29 is 9.53 Å². The van der Waals surface area contributed by atoms with Crippen LogP contribution in [0.3, 0.4) is 0 Å². The van der Waals surface area contributed by atoms with Gasteiger partial charge in [0.05, 0.1) is 16.0 Å². The largest absolute Gasteiger partial charge is 0.473 e. The van der Waals surface area contributed by atoms with Gasteiger partial charge in [0, 0.05) is 38.9 Å². The zero-order valence-corrected chi connectivity index (χ0v) is 15.3. The molecule has 1 aromatic carbocycles. The number of carbonyl (C=O) groups is 1. The Balaban J connectivity index is 1.47. The van der Waals surface area contributed by atoms with E-state index in [-0.39, 0.29) is 11.8 Å². The molecule has 2 aromatic rings. The van der Waals surface area contributed by atoms with Gasteiger partial charge in [-0.2, -0.15) is 0 Å². The summed E-state index contributed by atoms with van der Waals surface area (Å²) in [5.74, 6) is 0.772. The lowest BCUT2D eigenvalue weighted by Crippen LogP contribution is -2.52. The minimum absolute atomic E-state index is 0.103. The molecule has 132 valence electrons. The molecular weight excluding hydrogens is 361 g/mol. The molecule has 5 nitrogen and oxygen atoms in total. The topological polar surface area (TPSA) is 54.5 Å². The lowest BCUT2D eigenvalue weighted by Gasteiger charge is -2.37. The molecule has 1 aliphatic rings. The molecule has 0 radical (unpaired) electrons. The normalized spacial score (nSPS) is 14.8. The second kappa shape index (κ2) is 8.04. The molecule has 3 rings (SSSR count). The monoisotopic (exact) mass is 379 g/mol. The summed E-state index contributed by atoms with van der Waals surface area (Å²) in [6.07, 6.45) is 1.80. The molecule has 1 saturated heterocycles. The number of pyridine rings is 1. The number of rotatable bonds is 6. The van der Waals surface area contributed by atoms with Gasteiger partial charge in [-0.25, -0.2) is 4.98 Å². The van der Waals surface area contributed by atoms with Crippen molar-refractivity contribution in [2.24, 2.45) is 5.92 Å². The van der Waals surface area contributed by atoms with Gasteiger partial charge in [0.1, 0.15) is 6.61 Å². The highest BCUT2D eigenvalue weighted by Crippen LogP contribution is 2.23. The van der Waals surface area contributed by atoms with E-state index in [1.54, 1.807) is 25.4 Å². The highest BCUT2D eigenvalue weighted by molar-refractivity contribution is 6.42. The van der Waals surface area contributed by atoms with Gasteiger partial charge in [-0.1, -0.05) is 35.3 Å². The smallest absolute Gasteiger partial charge is 0.225 e. The van der Waals surface area contributed by atoms with E-state index in [2.05, 4.69) is 15.2 Å². The number of nitrogens with one attached hydrogen (secondary N) is 1. The molecular formula is C18H19Cl2N3O2. The molecule has 1 N–H and O–H groups in total. The molecule has 0 unspecified atom stereocenters. The summed E-state index contributed by atoms with van der Waals surface area (Å²) in [7, 11) is 1.67. The predicted molar refractivity (Wildman–Crippen MR) is 97.9 cm³/mol. The third-order valence-corrected chi connectivity index (χ3v) is 4.89. The van der Waals surface area contributed by atoms with Crippen molar-refractivity contribution in [2.75, 3.05) is 20.1 Å². The van der Waals surface area contributed by atoms with Gasteiger partial charge in [-0.05, 0) is 23.3 Å². The molecule has 0 bridgehead atoms. The number of amides is 1. The van der Waals surface area contributed by atoms with E-state index in [0.717, 1.165) is 30.8 Å². The Labute approximate surface area is 156 Å². The fourth-order valence-electron chi connectivity index (χ4n) is 2.70. The maximum atomic E-state index is 11.5. The number of carbonyl (C=O) groups excluding carboxylic acids is 1. The Morgan fingerprint density at radius 2 is 2.00 bits per heavy atom. The molecule has 1 aliphatic heterocycles. The van der Waals surface area contributed by atoms with Gasteiger partial charge >= 0.3 is 0 Å². The number of hydrogen-bond donors (Lipinski definition) is 1. The second-order valence-corrected chi connectivity index (χ2v) is 6.86. The van der Waals surface area contributed by atoms with Crippen LogP contribution in [0.4, 0.5) is 0 Å². The number of aromatic nitrogens is 1. The Bertz CT molecular complexity index is 746. The molecule has 1 aromatic heterocycles. The number of benzene rings is 1. The summed E-state index contributed by atoms with van der Waals surface area (Å²) in [6, 6.07) is 9.24. The lowest BCUT2D eigenvalue weighted by molar-refractivity contribution is -0.129. The van der Waals surface area contributed by atoms with E-state index in [4.69, 9.17) is 27.9 Å². The van der Waals surface area contributed by atoms with E-state index in [1.807, 2.05) is 18.2 Å². The summed E-state index contributed by atoms with van der Waals surface area (Å²) >= 11 is 11.9. The van der Waals surface area contributed by atoms with Crippen molar-refractivity contribution in [2.45, 2.75) is 13.2 Å². The Morgan fingerprint density at radius 1 is 1.24 bits per heavy atom. The molecule has 0 aliphatic carbocycles. The first-order valence-corrected chi connectivity index (χ1v) is 8.76. The second-order valence-electron chi connectivity index (χ2n) is 6.05. The molecule has 7 heteroatoms. The van der Waals surface area contributed by atoms with Crippen LogP contribution in [-0.2, 0) is 17.9 Å². The standard InChI is InChI=1S/C18H19Cl2N3O2/c1-21-18(24)14-9-23(10-14)8-13-3-5-17(22-7-13)25-11-12-2-4-15(19)16(20)6-12/h2-7,14H,8-11H2,1H3,(H,21,24). The third kappa shape index (κ3) is 4.63. The first-order chi connectivity index (χ1) is 12.0. The summed E-state index contributed by atoms with van der Waals surface area (Å²) in [5, 5.41) is 3.72. The number of hydrogen-bond acceptors (Lipinski definition) is 4. The minimum Gasteiger partial charge on any atom is -0.473 e. The summed E-state index contributed by atoms with van der Waals surface area (Å²) in [4.78, 5) is 18.0. The minimum atomic E-state index is 0.103. The SMILES string of the molecule is CNC(=O)C1CN(Cc2ccc(OCc3ccc(Cl)c(Cl)c3)nc2)C1. The van der Waals surface area contributed by atoms with Crippen LogP contribution < -0.4 is 10.1 Å². The highest BCUT2D eigenvalue weighted by Gasteiger charge is 2.31. The average Bonchev–Trinajstić information content (AvgIpc) is 2.59. The molecule has 0 atom stereocenters. The van der Waals surface area contributed by atoms with Crippen LogP contribution >= 0.6 is 23.2 Å². The van der Waals surface area contributed by atoms with E-state index in [0.29, 0.717) is 22.5 Å². The van der Waals surface area contributed by atoms with E-state index in [1.165, 1.54) is 0 Å². The summed E-state index contributed by atoms with van der Waals surface area (Å²) in [5.41, 5.74) is 2.03. The first-order valence-electron chi connectivity index (χ1n) is 8.01. The Morgan fingerprint density at radius 3 is 2.64 bits per heavy atom. The van der Waals surface area contributed by atoms with Crippen LogP contribution in [0, 0.1) is 5.92 Å². The van der Waals surface area contributed by atoms with E-state index in [9.17, 15) is 4.79 Å². The van der Waals surface area contributed by atoms with Crippen LogP contribution in [0.5, 0.6) is 5.88 Å². The van der Waals surface area contributed by atoms with Crippen molar-refractivity contribution >= 4 is 29.1 Å². The molecule has 1 amide bonds. The number of halogens is 2. The fraction of sp³-hybridized carbons (Fsp3) is 0.333.